The lowest BCUT2D eigenvalue weighted by Gasteiger charge is -2.25. The molecular weight excluding hydrogens is 340 g/mol. The molecule has 1 saturated carbocycles. The first kappa shape index (κ1) is 17.7. The van der Waals surface area contributed by atoms with Crippen LogP contribution in [-0.4, -0.2) is 33.1 Å². The zero-order chi connectivity index (χ0) is 19.0. The molecule has 2 aromatic rings. The maximum absolute atomic E-state index is 11.9. The van der Waals surface area contributed by atoms with Crippen LogP contribution in [0.5, 0.6) is 0 Å². The summed E-state index contributed by atoms with van der Waals surface area (Å²) in [7, 11) is 0. The molecule has 2 unspecified atom stereocenters. The number of carbonyl (C=O) groups is 1. The number of dihydropyridines is 1. The normalized spacial score (nSPS) is 20.5. The van der Waals surface area contributed by atoms with Gasteiger partial charge in [-0.3, -0.25) is 9.78 Å². The Kier molecular flexibility index (Phi) is 4.66. The van der Waals surface area contributed by atoms with Gasteiger partial charge in [0.1, 0.15) is 5.82 Å². The monoisotopic (exact) mass is 364 g/mol. The average Bonchev–Trinajstić information content (AvgIpc) is 3.52. The number of aliphatic hydroxyl groups is 1. The van der Waals surface area contributed by atoms with E-state index in [0.29, 0.717) is 12.2 Å². The van der Waals surface area contributed by atoms with Crippen LogP contribution in [0.2, 0.25) is 0 Å². The van der Waals surface area contributed by atoms with E-state index in [1.54, 1.807) is 12.4 Å². The van der Waals surface area contributed by atoms with E-state index in [0.717, 1.165) is 40.5 Å². The fourth-order valence-electron chi connectivity index (χ4n) is 3.28. The molecular formula is C21H24N4O2. The second-order valence-electron chi connectivity index (χ2n) is 7.33. The number of fused-ring (bicyclic) bond motifs is 1. The van der Waals surface area contributed by atoms with Gasteiger partial charge in [-0.25, -0.2) is 4.98 Å². The summed E-state index contributed by atoms with van der Waals surface area (Å²) in [6.45, 7) is 4.00. The minimum atomic E-state index is -0.407. The lowest BCUT2D eigenvalue weighted by atomic mass is 9.95. The van der Waals surface area contributed by atoms with Crippen molar-refractivity contribution in [1.82, 2.24) is 15.3 Å². The van der Waals surface area contributed by atoms with E-state index in [1.165, 1.54) is 0 Å². The van der Waals surface area contributed by atoms with Crippen molar-refractivity contribution in [3.8, 4) is 0 Å². The Morgan fingerprint density at radius 1 is 1.30 bits per heavy atom. The first-order valence-corrected chi connectivity index (χ1v) is 9.45. The Bertz CT molecular complexity index is 946. The summed E-state index contributed by atoms with van der Waals surface area (Å²) in [5, 5.41) is 18.1. The van der Waals surface area contributed by atoms with Gasteiger partial charge in [-0.1, -0.05) is 13.0 Å². The molecule has 0 aromatic carbocycles. The smallest absolute Gasteiger partial charge is 0.228 e. The molecule has 3 N–H and O–H groups in total. The van der Waals surface area contributed by atoms with Crippen molar-refractivity contribution in [1.29, 1.82) is 0 Å². The van der Waals surface area contributed by atoms with Gasteiger partial charge < -0.3 is 15.7 Å². The SMILES string of the molecule is CCC(O)C1C=C(C)C(c2cc3cnc(NC(=O)C4CC4)cc3cn2)=CN1. The number of hydrogen-bond acceptors (Lipinski definition) is 5. The zero-order valence-corrected chi connectivity index (χ0v) is 15.6. The van der Waals surface area contributed by atoms with Crippen molar-refractivity contribution in [2.45, 2.75) is 45.3 Å². The van der Waals surface area contributed by atoms with Crippen molar-refractivity contribution in [3.05, 3.63) is 48.1 Å². The summed E-state index contributed by atoms with van der Waals surface area (Å²) in [6, 6.07) is 3.78. The molecule has 27 heavy (non-hydrogen) atoms. The van der Waals surface area contributed by atoms with Crippen LogP contribution in [0.4, 0.5) is 5.82 Å². The predicted octanol–water partition coefficient (Wildman–Crippen LogP) is 3.01. The first-order valence-electron chi connectivity index (χ1n) is 9.45. The largest absolute Gasteiger partial charge is 0.391 e. The molecule has 2 atom stereocenters. The molecule has 3 heterocycles. The van der Waals surface area contributed by atoms with Gasteiger partial charge in [0.15, 0.2) is 0 Å². The zero-order valence-electron chi connectivity index (χ0n) is 15.6. The third-order valence-electron chi connectivity index (χ3n) is 5.19. The number of nitrogens with zero attached hydrogens (tertiary/aromatic N) is 2. The molecule has 140 valence electrons. The molecule has 1 aliphatic carbocycles. The Morgan fingerprint density at radius 3 is 2.74 bits per heavy atom. The number of amides is 1. The maximum atomic E-state index is 11.9. The van der Waals surface area contributed by atoms with Crippen molar-refractivity contribution in [2.24, 2.45) is 5.92 Å². The fourth-order valence-corrected chi connectivity index (χ4v) is 3.28. The Balaban J connectivity index is 1.56. The quantitative estimate of drug-likeness (QED) is 0.759. The fraction of sp³-hybridized carbons (Fsp3) is 0.381. The number of rotatable bonds is 5. The van der Waals surface area contributed by atoms with Crippen molar-refractivity contribution in [3.63, 3.8) is 0 Å². The maximum Gasteiger partial charge on any atom is 0.228 e. The summed E-state index contributed by atoms with van der Waals surface area (Å²) in [5.41, 5.74) is 2.94. The van der Waals surface area contributed by atoms with Crippen LogP contribution in [0.25, 0.3) is 16.3 Å². The number of anilines is 1. The highest BCUT2D eigenvalue weighted by molar-refractivity contribution is 5.95. The molecule has 0 bridgehead atoms. The molecule has 6 nitrogen and oxygen atoms in total. The Morgan fingerprint density at radius 2 is 2.04 bits per heavy atom. The number of hydrogen-bond donors (Lipinski definition) is 3. The topological polar surface area (TPSA) is 87.1 Å². The minimum absolute atomic E-state index is 0.0504. The highest BCUT2D eigenvalue weighted by Gasteiger charge is 2.29. The van der Waals surface area contributed by atoms with Crippen LogP contribution in [0.1, 0.15) is 38.8 Å². The standard InChI is InChI=1S/C21H24N4O2/c1-3-19(26)18-6-12(2)16(11-23-18)17-7-14-10-24-20(8-15(14)9-22-17)25-21(27)13-4-5-13/h6-11,13,18-19,23,26H,3-5H2,1-2H3,(H,24,25,27). The highest BCUT2D eigenvalue weighted by atomic mass is 16.3. The highest BCUT2D eigenvalue weighted by Crippen LogP contribution is 2.31. The van der Waals surface area contributed by atoms with Gasteiger partial charge in [0.2, 0.25) is 5.91 Å². The van der Waals surface area contributed by atoms with Crippen molar-refractivity contribution >= 4 is 28.1 Å². The number of aliphatic hydroxyl groups excluding tert-OH is 1. The number of nitrogens with one attached hydrogen (secondary N) is 2. The molecule has 1 amide bonds. The molecule has 0 radical (unpaired) electrons. The van der Waals surface area contributed by atoms with Gasteiger partial charge in [-0.05, 0) is 43.9 Å². The summed E-state index contributed by atoms with van der Waals surface area (Å²) in [6.07, 6.45) is 9.77. The van der Waals surface area contributed by atoms with Crippen LogP contribution in [0.3, 0.4) is 0 Å². The molecule has 6 heteroatoms. The van der Waals surface area contributed by atoms with E-state index in [1.807, 2.05) is 38.3 Å². The second-order valence-corrected chi connectivity index (χ2v) is 7.33. The van der Waals surface area contributed by atoms with Gasteiger partial charge in [0.05, 0.1) is 17.8 Å². The van der Waals surface area contributed by atoms with E-state index in [9.17, 15) is 9.90 Å². The summed E-state index contributed by atoms with van der Waals surface area (Å²) < 4.78 is 0. The van der Waals surface area contributed by atoms with Crippen molar-refractivity contribution in [2.75, 3.05) is 5.32 Å². The van der Waals surface area contributed by atoms with Crippen LogP contribution in [0, 0.1) is 5.92 Å². The summed E-state index contributed by atoms with van der Waals surface area (Å²) >= 11 is 0. The van der Waals surface area contributed by atoms with E-state index < -0.39 is 6.10 Å². The van der Waals surface area contributed by atoms with Gasteiger partial charge in [0, 0.05) is 40.9 Å². The molecule has 4 rings (SSSR count). The van der Waals surface area contributed by atoms with Gasteiger partial charge in [-0.2, -0.15) is 0 Å². The molecule has 0 spiro atoms. The number of allylic oxidation sites excluding steroid dienone is 2. The Hall–Kier alpha value is -2.73. The number of carbonyl (C=O) groups excluding carboxylic acids is 1. The molecule has 2 aromatic heterocycles. The predicted molar refractivity (Wildman–Crippen MR) is 106 cm³/mol. The van der Waals surface area contributed by atoms with Gasteiger partial charge >= 0.3 is 0 Å². The van der Waals surface area contributed by atoms with Gasteiger partial charge in [0.25, 0.3) is 0 Å². The second kappa shape index (κ2) is 7.12. The summed E-state index contributed by atoms with van der Waals surface area (Å²) in [4.78, 5) is 20.9. The lowest BCUT2D eigenvalue weighted by molar-refractivity contribution is -0.117. The van der Waals surface area contributed by atoms with Crippen LogP contribution < -0.4 is 10.6 Å². The minimum Gasteiger partial charge on any atom is -0.391 e. The number of pyridine rings is 2. The van der Waals surface area contributed by atoms with E-state index in [2.05, 4.69) is 20.6 Å². The lowest BCUT2D eigenvalue weighted by Crippen LogP contribution is -2.37. The molecule has 1 aliphatic heterocycles. The van der Waals surface area contributed by atoms with Crippen LogP contribution in [-0.2, 0) is 4.79 Å². The van der Waals surface area contributed by atoms with E-state index >= 15 is 0 Å². The Labute approximate surface area is 158 Å². The summed E-state index contributed by atoms with van der Waals surface area (Å²) in [5.74, 6) is 0.771. The van der Waals surface area contributed by atoms with Crippen LogP contribution in [0.15, 0.2) is 42.4 Å². The molecule has 1 fully saturated rings. The first-order chi connectivity index (χ1) is 13.0. The molecule has 2 aliphatic rings. The van der Waals surface area contributed by atoms with E-state index in [4.69, 9.17) is 0 Å². The number of aromatic nitrogens is 2. The van der Waals surface area contributed by atoms with Gasteiger partial charge in [-0.15, -0.1) is 0 Å². The van der Waals surface area contributed by atoms with Crippen LogP contribution >= 0.6 is 0 Å². The van der Waals surface area contributed by atoms with E-state index in [-0.39, 0.29) is 17.9 Å². The average molecular weight is 364 g/mol. The van der Waals surface area contributed by atoms with Crippen molar-refractivity contribution < 1.29 is 9.90 Å². The third kappa shape index (κ3) is 3.71. The third-order valence-corrected chi connectivity index (χ3v) is 5.19. The molecule has 0 saturated heterocycles.